The Kier molecular flexibility index (Phi) is 5.52. The van der Waals surface area contributed by atoms with Crippen LogP contribution in [-0.4, -0.2) is 28.9 Å². The third-order valence-electron chi connectivity index (χ3n) is 3.78. The Morgan fingerprint density at radius 3 is 2.30 bits per heavy atom. The number of rotatable bonds is 4. The number of nitrogen functional groups attached to an aromatic ring is 1. The van der Waals surface area contributed by atoms with Gasteiger partial charge in [0.25, 0.3) is 0 Å². The highest BCUT2D eigenvalue weighted by Gasteiger charge is 2.20. The summed E-state index contributed by atoms with van der Waals surface area (Å²) in [5.74, 6) is 0. The van der Waals surface area contributed by atoms with E-state index in [0.717, 1.165) is 25.7 Å². The lowest BCUT2D eigenvalue weighted by atomic mass is 9.93. The van der Waals surface area contributed by atoms with Crippen LogP contribution in [0.25, 0.3) is 0 Å². The van der Waals surface area contributed by atoms with Crippen molar-refractivity contribution in [2.24, 2.45) is 0 Å². The molecule has 112 valence electrons. The lowest BCUT2D eigenvalue weighted by Crippen LogP contribution is -2.36. The van der Waals surface area contributed by atoms with Crippen molar-refractivity contribution in [1.29, 1.82) is 0 Å². The highest BCUT2D eigenvalue weighted by Crippen LogP contribution is 2.31. The van der Waals surface area contributed by atoms with Crippen molar-refractivity contribution in [2.45, 2.75) is 43.9 Å². The van der Waals surface area contributed by atoms with Gasteiger partial charge >= 0.3 is 0 Å². The maximum atomic E-state index is 10.2. The van der Waals surface area contributed by atoms with E-state index in [1.807, 2.05) is 0 Å². The van der Waals surface area contributed by atoms with E-state index < -0.39 is 6.10 Å². The van der Waals surface area contributed by atoms with Gasteiger partial charge in [0.05, 0.1) is 27.9 Å². The SMILES string of the molecule is Nc1c(Cl)cc(C(O)CNC2CCC(O)CC2)cc1Cl. The summed E-state index contributed by atoms with van der Waals surface area (Å²) in [5.41, 5.74) is 6.65. The number of anilines is 1. The van der Waals surface area contributed by atoms with E-state index in [1.165, 1.54) is 0 Å². The van der Waals surface area contributed by atoms with Crippen LogP contribution in [0.3, 0.4) is 0 Å². The molecule has 1 fully saturated rings. The van der Waals surface area contributed by atoms with E-state index in [1.54, 1.807) is 12.1 Å². The average Bonchev–Trinajstić information content (AvgIpc) is 2.43. The van der Waals surface area contributed by atoms with Gasteiger partial charge in [-0.15, -0.1) is 0 Å². The number of halogens is 2. The molecule has 0 heterocycles. The molecule has 1 aromatic carbocycles. The summed E-state index contributed by atoms with van der Waals surface area (Å²) < 4.78 is 0. The maximum absolute atomic E-state index is 10.2. The zero-order valence-corrected chi connectivity index (χ0v) is 12.7. The molecule has 0 aliphatic heterocycles. The second-order valence-electron chi connectivity index (χ2n) is 5.33. The molecule has 4 nitrogen and oxygen atoms in total. The monoisotopic (exact) mass is 318 g/mol. The molecule has 1 unspecified atom stereocenters. The molecule has 1 saturated carbocycles. The average molecular weight is 319 g/mol. The van der Waals surface area contributed by atoms with Gasteiger partial charge < -0.3 is 21.3 Å². The van der Waals surface area contributed by atoms with Crippen molar-refractivity contribution in [3.63, 3.8) is 0 Å². The Hall–Kier alpha value is -0.520. The lowest BCUT2D eigenvalue weighted by Gasteiger charge is -2.27. The smallest absolute Gasteiger partial charge is 0.0915 e. The van der Waals surface area contributed by atoms with Crippen LogP contribution in [0.5, 0.6) is 0 Å². The fourth-order valence-electron chi connectivity index (χ4n) is 2.47. The molecule has 0 bridgehead atoms. The first-order chi connectivity index (χ1) is 9.47. The summed E-state index contributed by atoms with van der Waals surface area (Å²) in [5, 5.41) is 23.6. The fraction of sp³-hybridized carbons (Fsp3) is 0.571. The topological polar surface area (TPSA) is 78.5 Å². The predicted octanol–water partition coefficient (Wildman–Crippen LogP) is 2.50. The number of nitrogens with two attached hydrogens (primary N) is 1. The van der Waals surface area contributed by atoms with Crippen LogP contribution in [0.1, 0.15) is 37.4 Å². The van der Waals surface area contributed by atoms with Crippen LogP contribution in [0, 0.1) is 0 Å². The highest BCUT2D eigenvalue weighted by molar-refractivity contribution is 6.38. The van der Waals surface area contributed by atoms with E-state index >= 15 is 0 Å². The maximum Gasteiger partial charge on any atom is 0.0915 e. The molecule has 0 amide bonds. The van der Waals surface area contributed by atoms with Crippen LogP contribution in [0.2, 0.25) is 10.0 Å². The third-order valence-corrected chi connectivity index (χ3v) is 4.41. The normalized spacial score (nSPS) is 24.6. The summed E-state index contributed by atoms with van der Waals surface area (Å²) >= 11 is 11.9. The van der Waals surface area contributed by atoms with E-state index in [0.29, 0.717) is 33.9 Å². The van der Waals surface area contributed by atoms with E-state index in [2.05, 4.69) is 5.32 Å². The largest absolute Gasteiger partial charge is 0.396 e. The Morgan fingerprint density at radius 1 is 1.20 bits per heavy atom. The zero-order chi connectivity index (χ0) is 14.7. The minimum Gasteiger partial charge on any atom is -0.396 e. The summed E-state index contributed by atoms with van der Waals surface area (Å²) in [6, 6.07) is 3.62. The number of hydrogen-bond acceptors (Lipinski definition) is 4. The van der Waals surface area contributed by atoms with Gasteiger partial charge in [0, 0.05) is 12.6 Å². The molecule has 0 aromatic heterocycles. The molecule has 2 rings (SSSR count). The second-order valence-corrected chi connectivity index (χ2v) is 6.14. The molecular weight excluding hydrogens is 299 g/mol. The van der Waals surface area contributed by atoms with E-state index in [4.69, 9.17) is 28.9 Å². The van der Waals surface area contributed by atoms with Crippen LogP contribution in [0.4, 0.5) is 5.69 Å². The van der Waals surface area contributed by atoms with Crippen molar-refractivity contribution < 1.29 is 10.2 Å². The molecule has 0 saturated heterocycles. The Balaban J connectivity index is 1.90. The number of nitrogens with one attached hydrogen (secondary N) is 1. The summed E-state index contributed by atoms with van der Waals surface area (Å²) in [4.78, 5) is 0. The van der Waals surface area contributed by atoms with Gasteiger partial charge in [0.2, 0.25) is 0 Å². The molecular formula is C14H20Cl2N2O2. The minimum atomic E-state index is -0.683. The van der Waals surface area contributed by atoms with Gasteiger partial charge in [-0.25, -0.2) is 0 Å². The van der Waals surface area contributed by atoms with Crippen molar-refractivity contribution in [3.05, 3.63) is 27.7 Å². The third kappa shape index (κ3) is 3.99. The first-order valence-electron chi connectivity index (χ1n) is 6.81. The number of aliphatic hydroxyl groups excluding tert-OH is 2. The molecule has 1 aliphatic carbocycles. The van der Waals surface area contributed by atoms with Crippen LogP contribution in [0.15, 0.2) is 12.1 Å². The van der Waals surface area contributed by atoms with Crippen LogP contribution < -0.4 is 11.1 Å². The first kappa shape index (κ1) is 15.9. The van der Waals surface area contributed by atoms with Gasteiger partial charge in [-0.3, -0.25) is 0 Å². The summed E-state index contributed by atoms with van der Waals surface area (Å²) in [7, 11) is 0. The van der Waals surface area contributed by atoms with E-state index in [9.17, 15) is 10.2 Å². The Bertz CT molecular complexity index is 439. The number of aliphatic hydroxyl groups is 2. The molecule has 0 spiro atoms. The first-order valence-corrected chi connectivity index (χ1v) is 7.57. The Labute approximate surface area is 128 Å². The number of hydrogen-bond donors (Lipinski definition) is 4. The lowest BCUT2D eigenvalue weighted by molar-refractivity contribution is 0.109. The molecule has 1 aromatic rings. The van der Waals surface area contributed by atoms with Gasteiger partial charge in [0.1, 0.15) is 0 Å². The molecule has 1 aliphatic rings. The standard InChI is InChI=1S/C14H20Cl2N2O2/c15-11-5-8(6-12(16)14(11)17)13(20)7-18-9-1-3-10(19)4-2-9/h5-6,9-10,13,18-20H,1-4,7,17H2. The van der Waals surface area contributed by atoms with Crippen molar-refractivity contribution in [2.75, 3.05) is 12.3 Å². The fourth-order valence-corrected chi connectivity index (χ4v) is 2.98. The number of benzene rings is 1. The van der Waals surface area contributed by atoms with Crippen molar-refractivity contribution in [1.82, 2.24) is 5.32 Å². The molecule has 1 atom stereocenters. The van der Waals surface area contributed by atoms with Gasteiger partial charge in [-0.1, -0.05) is 23.2 Å². The van der Waals surface area contributed by atoms with Crippen LogP contribution >= 0.6 is 23.2 Å². The van der Waals surface area contributed by atoms with Gasteiger partial charge in [0.15, 0.2) is 0 Å². The summed E-state index contributed by atoms with van der Waals surface area (Å²) in [6.45, 7) is 0.428. The predicted molar refractivity (Wildman–Crippen MR) is 82.1 cm³/mol. The highest BCUT2D eigenvalue weighted by atomic mass is 35.5. The molecule has 5 N–H and O–H groups in total. The zero-order valence-electron chi connectivity index (χ0n) is 11.1. The minimum absolute atomic E-state index is 0.173. The second kappa shape index (κ2) is 6.96. The molecule has 20 heavy (non-hydrogen) atoms. The van der Waals surface area contributed by atoms with Crippen molar-refractivity contribution in [3.8, 4) is 0 Å². The molecule has 6 heteroatoms. The van der Waals surface area contributed by atoms with Gasteiger partial charge in [-0.2, -0.15) is 0 Å². The van der Waals surface area contributed by atoms with Crippen LogP contribution in [-0.2, 0) is 0 Å². The Morgan fingerprint density at radius 2 is 1.75 bits per heavy atom. The van der Waals surface area contributed by atoms with E-state index in [-0.39, 0.29) is 6.10 Å². The summed E-state index contributed by atoms with van der Waals surface area (Å²) in [6.07, 6.45) is 2.62. The van der Waals surface area contributed by atoms with Gasteiger partial charge in [-0.05, 0) is 43.4 Å². The molecule has 0 radical (unpaired) electrons. The van der Waals surface area contributed by atoms with Crippen molar-refractivity contribution >= 4 is 28.9 Å². The quantitative estimate of drug-likeness (QED) is 0.643.